The van der Waals surface area contributed by atoms with E-state index in [-0.39, 0.29) is 17.3 Å². The first-order valence-electron chi connectivity index (χ1n) is 9.15. The van der Waals surface area contributed by atoms with Crippen LogP contribution in [0.4, 0.5) is 0 Å². The van der Waals surface area contributed by atoms with E-state index in [4.69, 9.17) is 15.9 Å². The maximum absolute atomic E-state index is 12.9. The predicted molar refractivity (Wildman–Crippen MR) is 108 cm³/mol. The smallest absolute Gasteiger partial charge is 0.254 e. The first-order valence-corrected chi connectivity index (χ1v) is 10.6. The fourth-order valence-corrected chi connectivity index (χ4v) is 3.85. The molecule has 1 aliphatic heterocycles. The van der Waals surface area contributed by atoms with Crippen LogP contribution in [0.3, 0.4) is 0 Å². The van der Waals surface area contributed by atoms with Crippen LogP contribution < -0.4 is 14.2 Å². The van der Waals surface area contributed by atoms with Crippen LogP contribution in [0.1, 0.15) is 22.8 Å². The average Bonchev–Trinajstić information content (AvgIpc) is 2.75. The molecule has 0 aliphatic carbocycles. The molecule has 2 aromatic rings. The van der Waals surface area contributed by atoms with Gasteiger partial charge in [0.05, 0.1) is 11.4 Å². The van der Waals surface area contributed by atoms with Gasteiger partial charge in [0, 0.05) is 18.7 Å². The van der Waals surface area contributed by atoms with Crippen LogP contribution in [0.25, 0.3) is 0 Å². The summed E-state index contributed by atoms with van der Waals surface area (Å²) in [5.74, 6) is 3.40. The minimum absolute atomic E-state index is 0.0548. The van der Waals surface area contributed by atoms with E-state index in [1.54, 1.807) is 4.90 Å². The molecule has 0 atom stereocenters. The largest absolute Gasteiger partial charge is 0.486 e. The SMILES string of the molecule is C#CCNS(=O)(=O)c1ccc(C(=O)N(CC)Cc2ccc3c(c2)OCCO3)cc1. The van der Waals surface area contributed by atoms with E-state index in [1.165, 1.54) is 24.3 Å². The normalized spacial score (nSPS) is 12.8. The number of benzene rings is 2. The van der Waals surface area contributed by atoms with Gasteiger partial charge in [0.15, 0.2) is 11.5 Å². The molecule has 152 valence electrons. The van der Waals surface area contributed by atoms with Crippen LogP contribution in [-0.2, 0) is 16.6 Å². The molecule has 1 N–H and O–H groups in total. The molecule has 7 nitrogen and oxygen atoms in total. The molecule has 0 saturated carbocycles. The summed E-state index contributed by atoms with van der Waals surface area (Å²) in [5, 5.41) is 0. The van der Waals surface area contributed by atoms with Gasteiger partial charge in [-0.3, -0.25) is 4.79 Å². The molecule has 0 saturated heterocycles. The predicted octanol–water partition coefficient (Wildman–Crippen LogP) is 2.03. The van der Waals surface area contributed by atoms with Gasteiger partial charge in [-0.15, -0.1) is 6.42 Å². The Hall–Kier alpha value is -3.02. The van der Waals surface area contributed by atoms with Gasteiger partial charge < -0.3 is 14.4 Å². The molecule has 2 aromatic carbocycles. The van der Waals surface area contributed by atoms with Gasteiger partial charge in [-0.1, -0.05) is 12.0 Å². The standard InChI is InChI=1S/C21H22N2O5S/c1-3-11-22-29(25,26)18-8-6-17(7-9-18)21(24)23(4-2)15-16-5-10-19-20(14-16)28-13-12-27-19/h1,5-10,14,22H,4,11-13,15H2,2H3. The number of sulfonamides is 1. The third kappa shape index (κ3) is 4.88. The second-order valence-corrected chi connectivity index (χ2v) is 8.12. The summed E-state index contributed by atoms with van der Waals surface area (Å²) in [6.45, 7) is 3.71. The van der Waals surface area contributed by atoms with E-state index in [0.29, 0.717) is 43.4 Å². The highest BCUT2D eigenvalue weighted by Crippen LogP contribution is 2.31. The van der Waals surface area contributed by atoms with E-state index in [0.717, 1.165) is 5.56 Å². The molecule has 1 heterocycles. The molecule has 8 heteroatoms. The zero-order valence-corrected chi connectivity index (χ0v) is 16.9. The average molecular weight is 414 g/mol. The minimum atomic E-state index is -3.69. The lowest BCUT2D eigenvalue weighted by Crippen LogP contribution is -2.30. The number of nitrogens with one attached hydrogen (secondary N) is 1. The third-order valence-electron chi connectivity index (χ3n) is 4.42. The highest BCUT2D eigenvalue weighted by Gasteiger charge is 2.19. The van der Waals surface area contributed by atoms with E-state index >= 15 is 0 Å². The third-order valence-corrected chi connectivity index (χ3v) is 5.84. The number of hydrogen-bond donors (Lipinski definition) is 1. The Labute approximate surface area is 170 Å². The quantitative estimate of drug-likeness (QED) is 0.701. The van der Waals surface area contributed by atoms with Gasteiger partial charge in [0.25, 0.3) is 5.91 Å². The number of rotatable bonds is 7. The van der Waals surface area contributed by atoms with Crippen LogP contribution in [-0.4, -0.2) is 45.5 Å². The van der Waals surface area contributed by atoms with E-state index < -0.39 is 10.0 Å². The summed E-state index contributed by atoms with van der Waals surface area (Å²) >= 11 is 0. The van der Waals surface area contributed by atoms with Crippen LogP contribution in [0.15, 0.2) is 47.4 Å². The van der Waals surface area contributed by atoms with Crippen molar-refractivity contribution in [1.29, 1.82) is 0 Å². The number of carbonyl (C=O) groups is 1. The monoisotopic (exact) mass is 414 g/mol. The Morgan fingerprint density at radius 1 is 1.14 bits per heavy atom. The summed E-state index contributed by atoms with van der Waals surface area (Å²) in [6.07, 6.45) is 5.09. The fourth-order valence-electron chi connectivity index (χ4n) is 2.91. The Kier molecular flexibility index (Phi) is 6.42. The molecule has 1 amide bonds. The van der Waals surface area contributed by atoms with Crippen LogP contribution >= 0.6 is 0 Å². The summed E-state index contributed by atoms with van der Waals surface area (Å²) in [5.41, 5.74) is 1.32. The van der Waals surface area contributed by atoms with Gasteiger partial charge in [-0.2, -0.15) is 4.72 Å². The van der Waals surface area contributed by atoms with Crippen molar-refractivity contribution in [2.75, 3.05) is 26.3 Å². The lowest BCUT2D eigenvalue weighted by atomic mass is 10.1. The molecule has 0 unspecified atom stereocenters. The van der Waals surface area contributed by atoms with Gasteiger partial charge >= 0.3 is 0 Å². The maximum atomic E-state index is 12.9. The van der Waals surface area contributed by atoms with Gasteiger partial charge in [-0.25, -0.2) is 8.42 Å². The van der Waals surface area contributed by atoms with Gasteiger partial charge in [0.2, 0.25) is 10.0 Å². The molecule has 0 aromatic heterocycles. The Morgan fingerprint density at radius 3 is 2.48 bits per heavy atom. The first kappa shape index (κ1) is 20.7. The number of carbonyl (C=O) groups excluding carboxylic acids is 1. The second kappa shape index (κ2) is 8.99. The van der Waals surface area contributed by atoms with Crippen molar-refractivity contribution in [2.45, 2.75) is 18.4 Å². The molecule has 0 fully saturated rings. The highest BCUT2D eigenvalue weighted by atomic mass is 32.2. The van der Waals surface area contributed by atoms with Crippen molar-refractivity contribution in [1.82, 2.24) is 9.62 Å². The fraction of sp³-hybridized carbons (Fsp3) is 0.286. The van der Waals surface area contributed by atoms with Crippen LogP contribution in [0.2, 0.25) is 0 Å². The molecular formula is C21H22N2O5S. The van der Waals surface area contributed by atoms with Crippen LogP contribution in [0.5, 0.6) is 11.5 Å². The summed E-state index contributed by atoms with van der Waals surface area (Å²) in [6, 6.07) is 11.4. The lowest BCUT2D eigenvalue weighted by molar-refractivity contribution is 0.0752. The highest BCUT2D eigenvalue weighted by molar-refractivity contribution is 7.89. The van der Waals surface area contributed by atoms with E-state index in [9.17, 15) is 13.2 Å². The van der Waals surface area contributed by atoms with Crippen molar-refractivity contribution >= 4 is 15.9 Å². The minimum Gasteiger partial charge on any atom is -0.486 e. The summed E-state index contributed by atoms with van der Waals surface area (Å²) < 4.78 is 37.6. The second-order valence-electron chi connectivity index (χ2n) is 6.35. The maximum Gasteiger partial charge on any atom is 0.254 e. The number of fused-ring (bicyclic) bond motifs is 1. The van der Waals surface area contributed by atoms with Gasteiger partial charge in [-0.05, 0) is 48.9 Å². The van der Waals surface area contributed by atoms with Crippen LogP contribution in [0, 0.1) is 12.3 Å². The Balaban J connectivity index is 1.73. The van der Waals surface area contributed by atoms with Gasteiger partial charge in [0.1, 0.15) is 13.2 Å². The lowest BCUT2D eigenvalue weighted by Gasteiger charge is -2.23. The number of hydrogen-bond acceptors (Lipinski definition) is 5. The van der Waals surface area contributed by atoms with Crippen molar-refractivity contribution in [2.24, 2.45) is 0 Å². The van der Waals surface area contributed by atoms with E-state index in [1.807, 2.05) is 25.1 Å². The van der Waals surface area contributed by atoms with Crippen molar-refractivity contribution in [3.05, 3.63) is 53.6 Å². The Bertz CT molecular complexity index is 1030. The first-order chi connectivity index (χ1) is 13.9. The number of ether oxygens (including phenoxy) is 2. The topological polar surface area (TPSA) is 84.9 Å². The number of terminal acetylenes is 1. The molecule has 1 aliphatic rings. The Morgan fingerprint density at radius 2 is 1.83 bits per heavy atom. The molecule has 0 radical (unpaired) electrons. The molecule has 29 heavy (non-hydrogen) atoms. The zero-order valence-electron chi connectivity index (χ0n) is 16.1. The molecular weight excluding hydrogens is 392 g/mol. The number of amides is 1. The summed E-state index contributed by atoms with van der Waals surface area (Å²) in [4.78, 5) is 14.6. The molecule has 0 spiro atoms. The van der Waals surface area contributed by atoms with E-state index in [2.05, 4.69) is 10.6 Å². The number of nitrogens with zero attached hydrogens (tertiary/aromatic N) is 1. The molecule has 3 rings (SSSR count). The van der Waals surface area contributed by atoms with Crippen molar-refractivity contribution in [3.63, 3.8) is 0 Å². The summed E-state index contributed by atoms with van der Waals surface area (Å²) in [7, 11) is -3.69. The van der Waals surface area contributed by atoms with Crippen molar-refractivity contribution < 1.29 is 22.7 Å². The van der Waals surface area contributed by atoms with Crippen molar-refractivity contribution in [3.8, 4) is 23.8 Å². The zero-order chi connectivity index (χ0) is 20.9. The molecule has 0 bridgehead atoms.